The Morgan fingerprint density at radius 1 is 1.05 bits per heavy atom. The molecule has 0 aliphatic carbocycles. The Balaban J connectivity index is 2.04. The Morgan fingerprint density at radius 3 is 2.23 bits per heavy atom. The van der Waals surface area contributed by atoms with Crippen molar-refractivity contribution in [3.05, 3.63) is 65.7 Å². The Morgan fingerprint density at radius 2 is 1.64 bits per heavy atom. The lowest BCUT2D eigenvalue weighted by molar-refractivity contribution is -0.120. The second-order valence-electron chi connectivity index (χ2n) is 5.20. The summed E-state index contributed by atoms with van der Waals surface area (Å²) in [7, 11) is -3.66. The predicted octanol–water partition coefficient (Wildman–Crippen LogP) is 2.47. The summed E-state index contributed by atoms with van der Waals surface area (Å²) in [5.41, 5.74) is 2.07. The van der Waals surface area contributed by atoms with Crippen molar-refractivity contribution in [2.45, 2.75) is 30.5 Å². The van der Waals surface area contributed by atoms with Gasteiger partial charge in [-0.1, -0.05) is 48.0 Å². The normalized spacial score (nSPS) is 12.6. The molecule has 0 heterocycles. The quantitative estimate of drug-likeness (QED) is 0.921. The van der Waals surface area contributed by atoms with Gasteiger partial charge in [0.05, 0.1) is 4.90 Å². The number of carbonyl (C=O) groups excluding carboxylic acids is 1. The van der Waals surface area contributed by atoms with E-state index in [0.717, 1.165) is 11.1 Å². The second-order valence-corrected chi connectivity index (χ2v) is 7.47. The van der Waals surface area contributed by atoms with E-state index in [1.54, 1.807) is 18.2 Å². The molecule has 22 heavy (non-hydrogen) atoms. The molecule has 0 saturated carbocycles. The predicted molar refractivity (Wildman–Crippen MR) is 86.1 cm³/mol. The van der Waals surface area contributed by atoms with Crippen LogP contribution in [0.3, 0.4) is 0 Å². The van der Waals surface area contributed by atoms with E-state index in [2.05, 4.69) is 5.32 Å². The third-order valence-corrected chi connectivity index (χ3v) is 5.57. The molecule has 0 aliphatic rings. The smallest absolute Gasteiger partial charge is 0.238 e. The van der Waals surface area contributed by atoms with Gasteiger partial charge in [0.15, 0.2) is 9.84 Å². The third-order valence-electron chi connectivity index (χ3n) is 3.49. The van der Waals surface area contributed by atoms with Crippen molar-refractivity contribution in [3.63, 3.8) is 0 Å². The van der Waals surface area contributed by atoms with Crippen LogP contribution in [-0.2, 0) is 21.2 Å². The Labute approximate surface area is 131 Å². The van der Waals surface area contributed by atoms with Crippen molar-refractivity contribution in [2.24, 2.45) is 0 Å². The van der Waals surface area contributed by atoms with Crippen molar-refractivity contribution < 1.29 is 13.2 Å². The van der Waals surface area contributed by atoms with Gasteiger partial charge in [0.25, 0.3) is 0 Å². The summed E-state index contributed by atoms with van der Waals surface area (Å²) < 4.78 is 24.7. The van der Waals surface area contributed by atoms with Gasteiger partial charge in [-0.15, -0.1) is 0 Å². The molecule has 1 atom stereocenters. The first kappa shape index (κ1) is 16.2. The number of aryl methyl sites for hydroxylation is 1. The van der Waals surface area contributed by atoms with E-state index < -0.39 is 21.0 Å². The molecule has 116 valence electrons. The van der Waals surface area contributed by atoms with Crippen molar-refractivity contribution in [3.8, 4) is 0 Å². The maximum atomic E-state index is 12.4. The fourth-order valence-electron chi connectivity index (χ4n) is 1.99. The molecule has 2 aromatic carbocycles. The monoisotopic (exact) mass is 317 g/mol. The molecule has 2 rings (SSSR count). The number of sulfone groups is 1. The Bertz CT molecular complexity index is 737. The largest absolute Gasteiger partial charge is 0.351 e. The summed E-state index contributed by atoms with van der Waals surface area (Å²) in [6.07, 6.45) is 0. The van der Waals surface area contributed by atoms with Crippen molar-refractivity contribution in [2.75, 3.05) is 0 Å². The van der Waals surface area contributed by atoms with Crippen LogP contribution < -0.4 is 5.32 Å². The number of rotatable bonds is 5. The van der Waals surface area contributed by atoms with Gasteiger partial charge in [-0.2, -0.15) is 0 Å². The number of benzene rings is 2. The standard InChI is InChI=1S/C17H19NO3S/c1-13-8-10-15(11-9-13)12-18-17(19)14(2)22(20,21)16-6-4-3-5-7-16/h3-11,14H,12H2,1-2H3,(H,18,19). The molecule has 0 fully saturated rings. The minimum atomic E-state index is -3.66. The van der Waals surface area contributed by atoms with Crippen molar-refractivity contribution in [1.29, 1.82) is 0 Å². The zero-order chi connectivity index (χ0) is 16.2. The zero-order valence-electron chi connectivity index (χ0n) is 12.6. The highest BCUT2D eigenvalue weighted by atomic mass is 32.2. The average molecular weight is 317 g/mol. The molecule has 0 spiro atoms. The van der Waals surface area contributed by atoms with Gasteiger partial charge in [-0.05, 0) is 31.5 Å². The summed E-state index contributed by atoms with van der Waals surface area (Å²) in [5.74, 6) is -0.496. The minimum Gasteiger partial charge on any atom is -0.351 e. The Hall–Kier alpha value is -2.14. The fourth-order valence-corrected chi connectivity index (χ4v) is 3.30. The van der Waals surface area contributed by atoms with Crippen LogP contribution in [0.2, 0.25) is 0 Å². The van der Waals surface area contributed by atoms with Gasteiger partial charge in [0, 0.05) is 6.54 Å². The lowest BCUT2D eigenvalue weighted by Gasteiger charge is -2.13. The summed E-state index contributed by atoms with van der Waals surface area (Å²) in [4.78, 5) is 12.3. The van der Waals surface area contributed by atoms with Crippen LogP contribution in [0, 0.1) is 6.92 Å². The van der Waals surface area contributed by atoms with E-state index in [1.807, 2.05) is 31.2 Å². The highest BCUT2D eigenvalue weighted by Crippen LogP contribution is 2.15. The second kappa shape index (κ2) is 6.75. The van der Waals surface area contributed by atoms with Gasteiger partial charge in [0.1, 0.15) is 5.25 Å². The summed E-state index contributed by atoms with van der Waals surface area (Å²) in [5, 5.41) is 1.55. The molecule has 5 heteroatoms. The first-order valence-corrected chi connectivity index (χ1v) is 8.58. The lowest BCUT2D eigenvalue weighted by Crippen LogP contribution is -2.37. The summed E-state index contributed by atoms with van der Waals surface area (Å²) in [6.45, 7) is 3.71. The third kappa shape index (κ3) is 3.74. The van der Waals surface area contributed by atoms with Crippen molar-refractivity contribution in [1.82, 2.24) is 5.32 Å². The highest BCUT2D eigenvalue weighted by Gasteiger charge is 2.29. The van der Waals surface area contributed by atoms with E-state index >= 15 is 0 Å². The molecule has 0 saturated heterocycles. The van der Waals surface area contributed by atoms with E-state index in [9.17, 15) is 13.2 Å². The van der Waals surface area contributed by atoms with E-state index in [0.29, 0.717) is 6.54 Å². The molecule has 2 aromatic rings. The highest BCUT2D eigenvalue weighted by molar-refractivity contribution is 7.92. The van der Waals surface area contributed by atoms with Crippen LogP contribution in [0.15, 0.2) is 59.5 Å². The molecular weight excluding hydrogens is 298 g/mol. The fraction of sp³-hybridized carbons (Fsp3) is 0.235. The van der Waals surface area contributed by atoms with Gasteiger partial charge < -0.3 is 5.32 Å². The summed E-state index contributed by atoms with van der Waals surface area (Å²) in [6, 6.07) is 15.7. The molecule has 1 amide bonds. The van der Waals surface area contributed by atoms with E-state index in [1.165, 1.54) is 19.1 Å². The van der Waals surface area contributed by atoms with Gasteiger partial charge in [-0.25, -0.2) is 8.42 Å². The van der Waals surface area contributed by atoms with Crippen LogP contribution in [0.4, 0.5) is 0 Å². The molecule has 1 N–H and O–H groups in total. The summed E-state index contributed by atoms with van der Waals surface area (Å²) >= 11 is 0. The SMILES string of the molecule is Cc1ccc(CNC(=O)C(C)S(=O)(=O)c2ccccc2)cc1. The first-order chi connectivity index (χ1) is 10.4. The van der Waals surface area contributed by atoms with Gasteiger partial charge in [-0.3, -0.25) is 4.79 Å². The lowest BCUT2D eigenvalue weighted by atomic mass is 10.1. The molecule has 0 aliphatic heterocycles. The first-order valence-electron chi connectivity index (χ1n) is 7.03. The number of amides is 1. The number of carbonyl (C=O) groups is 1. The van der Waals surface area contributed by atoms with Crippen LogP contribution in [0.25, 0.3) is 0 Å². The van der Waals surface area contributed by atoms with E-state index in [-0.39, 0.29) is 4.90 Å². The van der Waals surface area contributed by atoms with Gasteiger partial charge in [0.2, 0.25) is 5.91 Å². The van der Waals surface area contributed by atoms with Crippen LogP contribution in [-0.4, -0.2) is 19.6 Å². The Kier molecular flexibility index (Phi) is 4.98. The maximum Gasteiger partial charge on any atom is 0.238 e. The topological polar surface area (TPSA) is 63.2 Å². The number of hydrogen-bond acceptors (Lipinski definition) is 3. The molecule has 0 aromatic heterocycles. The van der Waals surface area contributed by atoms with E-state index in [4.69, 9.17) is 0 Å². The zero-order valence-corrected chi connectivity index (χ0v) is 13.4. The molecule has 1 unspecified atom stereocenters. The minimum absolute atomic E-state index is 0.160. The van der Waals surface area contributed by atoms with Crippen LogP contribution >= 0.6 is 0 Å². The number of hydrogen-bond donors (Lipinski definition) is 1. The van der Waals surface area contributed by atoms with Crippen LogP contribution in [0.5, 0.6) is 0 Å². The maximum absolute atomic E-state index is 12.4. The van der Waals surface area contributed by atoms with Crippen molar-refractivity contribution >= 4 is 15.7 Å². The molecular formula is C17H19NO3S. The molecule has 0 bridgehead atoms. The average Bonchev–Trinajstić information content (AvgIpc) is 2.54. The van der Waals surface area contributed by atoms with Gasteiger partial charge >= 0.3 is 0 Å². The molecule has 4 nitrogen and oxygen atoms in total. The van der Waals surface area contributed by atoms with Crippen LogP contribution in [0.1, 0.15) is 18.1 Å². The number of nitrogens with one attached hydrogen (secondary N) is 1. The molecule has 0 radical (unpaired) electrons.